The molecule has 0 atom stereocenters. The Balaban J connectivity index is 2.18. The Bertz CT molecular complexity index is 809. The van der Waals surface area contributed by atoms with Crippen molar-refractivity contribution in [1.82, 2.24) is 9.78 Å². The van der Waals surface area contributed by atoms with Gasteiger partial charge in [0.2, 0.25) is 0 Å². The topological polar surface area (TPSA) is 54.8 Å². The van der Waals surface area contributed by atoms with E-state index in [1.54, 1.807) is 17.5 Å². The molecular formula is C13H6F3N3OS. The first kappa shape index (κ1) is 13.5. The summed E-state index contributed by atoms with van der Waals surface area (Å²) < 4.78 is 44.8. The molecule has 0 N–H and O–H groups in total. The van der Waals surface area contributed by atoms with Gasteiger partial charge in [0, 0.05) is 11.4 Å². The van der Waals surface area contributed by atoms with E-state index in [0.717, 1.165) is 22.1 Å². The second kappa shape index (κ2) is 4.79. The van der Waals surface area contributed by atoms with Crippen molar-refractivity contribution in [3.63, 3.8) is 0 Å². The van der Waals surface area contributed by atoms with E-state index in [0.29, 0.717) is 10.6 Å². The zero-order chi connectivity index (χ0) is 15.0. The predicted molar refractivity (Wildman–Crippen MR) is 68.9 cm³/mol. The number of aromatic nitrogens is 2. The summed E-state index contributed by atoms with van der Waals surface area (Å²) in [6.45, 7) is 0. The summed E-state index contributed by atoms with van der Waals surface area (Å²) in [5.41, 5.74) is -0.452. The smallest absolute Gasteiger partial charge is 0.435 e. The van der Waals surface area contributed by atoms with E-state index in [2.05, 4.69) is 5.10 Å². The van der Waals surface area contributed by atoms with E-state index in [4.69, 9.17) is 9.68 Å². The molecular weight excluding hydrogens is 303 g/mol. The first-order valence-electron chi connectivity index (χ1n) is 5.69. The van der Waals surface area contributed by atoms with Crippen LogP contribution in [0.25, 0.3) is 17.1 Å². The van der Waals surface area contributed by atoms with Gasteiger partial charge in [-0.3, -0.25) is 0 Å². The van der Waals surface area contributed by atoms with Gasteiger partial charge in [0.1, 0.15) is 16.6 Å². The van der Waals surface area contributed by atoms with Crippen molar-refractivity contribution in [1.29, 1.82) is 5.26 Å². The van der Waals surface area contributed by atoms with Crippen LogP contribution >= 0.6 is 11.3 Å². The molecule has 3 heterocycles. The molecule has 4 nitrogen and oxygen atoms in total. The van der Waals surface area contributed by atoms with Gasteiger partial charge in [0.25, 0.3) is 0 Å². The minimum Gasteiger partial charge on any atom is -0.463 e. The molecule has 0 aliphatic heterocycles. The van der Waals surface area contributed by atoms with Crippen molar-refractivity contribution < 1.29 is 17.6 Å². The highest BCUT2D eigenvalue weighted by molar-refractivity contribution is 7.10. The zero-order valence-electron chi connectivity index (χ0n) is 10.3. The maximum atomic E-state index is 12.9. The third kappa shape index (κ3) is 2.43. The molecule has 0 fully saturated rings. The summed E-state index contributed by atoms with van der Waals surface area (Å²) >= 11 is 1.13. The van der Waals surface area contributed by atoms with Gasteiger partial charge in [0.05, 0.1) is 12.0 Å². The molecule has 3 aromatic rings. The van der Waals surface area contributed by atoms with Crippen molar-refractivity contribution >= 4 is 11.3 Å². The fourth-order valence-electron chi connectivity index (χ4n) is 1.81. The molecule has 0 saturated heterocycles. The number of furan rings is 1. The van der Waals surface area contributed by atoms with E-state index < -0.39 is 11.9 Å². The Morgan fingerprint density at radius 3 is 2.71 bits per heavy atom. The fourth-order valence-corrected chi connectivity index (χ4v) is 2.47. The van der Waals surface area contributed by atoms with E-state index in [-0.39, 0.29) is 11.5 Å². The van der Waals surface area contributed by atoms with E-state index in [1.165, 1.54) is 12.3 Å². The van der Waals surface area contributed by atoms with Crippen LogP contribution < -0.4 is 0 Å². The van der Waals surface area contributed by atoms with Crippen LogP contribution in [0.5, 0.6) is 0 Å². The third-order valence-corrected chi connectivity index (χ3v) is 3.54. The number of hydrogen-bond acceptors (Lipinski definition) is 4. The van der Waals surface area contributed by atoms with E-state index in [1.807, 2.05) is 6.07 Å². The van der Waals surface area contributed by atoms with Crippen LogP contribution in [0.3, 0.4) is 0 Å². The minimum absolute atomic E-state index is 0.176. The third-order valence-electron chi connectivity index (χ3n) is 2.71. The Morgan fingerprint density at radius 2 is 2.14 bits per heavy atom. The highest BCUT2D eigenvalue weighted by Gasteiger charge is 2.35. The molecule has 3 rings (SSSR count). The van der Waals surface area contributed by atoms with Crippen LogP contribution in [0.1, 0.15) is 10.6 Å². The molecule has 0 unspecified atom stereocenters. The van der Waals surface area contributed by atoms with Gasteiger partial charge in [-0.1, -0.05) is 0 Å². The molecule has 0 aliphatic carbocycles. The standard InChI is InChI=1S/C13H6F3N3OS/c14-13(15,16)12-5-10(11-2-1-3-20-11)19(18-12)8-4-9(6-17)21-7-8/h1-5,7H. The van der Waals surface area contributed by atoms with Crippen LogP contribution in [-0.2, 0) is 6.18 Å². The van der Waals surface area contributed by atoms with Gasteiger partial charge in [-0.2, -0.15) is 23.5 Å². The van der Waals surface area contributed by atoms with Crippen molar-refractivity contribution in [3.8, 4) is 23.2 Å². The average Bonchev–Trinajstić information content (AvgIpc) is 3.16. The van der Waals surface area contributed by atoms with Gasteiger partial charge >= 0.3 is 6.18 Å². The summed E-state index contributed by atoms with van der Waals surface area (Å²) in [7, 11) is 0. The highest BCUT2D eigenvalue weighted by Crippen LogP contribution is 2.34. The molecule has 0 bridgehead atoms. The van der Waals surface area contributed by atoms with Crippen LogP contribution in [-0.4, -0.2) is 9.78 Å². The number of halogens is 3. The highest BCUT2D eigenvalue weighted by atomic mass is 32.1. The number of rotatable bonds is 2. The number of nitriles is 1. The molecule has 0 spiro atoms. The first-order valence-corrected chi connectivity index (χ1v) is 6.57. The van der Waals surface area contributed by atoms with Crippen LogP contribution in [0.15, 0.2) is 40.3 Å². The quantitative estimate of drug-likeness (QED) is 0.716. The average molecular weight is 309 g/mol. The molecule has 21 heavy (non-hydrogen) atoms. The lowest BCUT2D eigenvalue weighted by Gasteiger charge is -2.02. The summed E-state index contributed by atoms with van der Waals surface area (Å²) in [6, 6.07) is 7.46. The molecule has 8 heteroatoms. The van der Waals surface area contributed by atoms with Gasteiger partial charge < -0.3 is 4.42 Å². The Hall–Kier alpha value is -2.53. The Morgan fingerprint density at radius 1 is 1.33 bits per heavy atom. The number of hydrogen-bond donors (Lipinski definition) is 0. The lowest BCUT2D eigenvalue weighted by molar-refractivity contribution is -0.141. The molecule has 106 valence electrons. The maximum absolute atomic E-state index is 12.9. The van der Waals surface area contributed by atoms with E-state index >= 15 is 0 Å². The van der Waals surface area contributed by atoms with Gasteiger partial charge in [-0.15, -0.1) is 11.3 Å². The molecule has 0 aliphatic rings. The zero-order valence-corrected chi connectivity index (χ0v) is 11.1. The summed E-state index contributed by atoms with van der Waals surface area (Å²) in [5, 5.41) is 14.0. The molecule has 0 aromatic carbocycles. The summed E-state index contributed by atoms with van der Waals surface area (Å²) in [4.78, 5) is 0.388. The summed E-state index contributed by atoms with van der Waals surface area (Å²) in [5.74, 6) is 0.266. The van der Waals surface area contributed by atoms with Crippen molar-refractivity contribution in [2.75, 3.05) is 0 Å². The minimum atomic E-state index is -4.55. The largest absolute Gasteiger partial charge is 0.463 e. The first-order chi connectivity index (χ1) is 9.99. The van der Waals surface area contributed by atoms with Crippen molar-refractivity contribution in [2.24, 2.45) is 0 Å². The molecule has 0 saturated carbocycles. The van der Waals surface area contributed by atoms with Crippen LogP contribution in [0.2, 0.25) is 0 Å². The Kier molecular flexibility index (Phi) is 3.07. The lowest BCUT2D eigenvalue weighted by atomic mass is 10.3. The second-order valence-electron chi connectivity index (χ2n) is 4.08. The van der Waals surface area contributed by atoms with Gasteiger partial charge in [0.15, 0.2) is 11.5 Å². The second-order valence-corrected chi connectivity index (χ2v) is 4.99. The fraction of sp³-hybridized carbons (Fsp3) is 0.0769. The maximum Gasteiger partial charge on any atom is 0.435 e. The van der Waals surface area contributed by atoms with Gasteiger partial charge in [-0.25, -0.2) is 4.68 Å². The lowest BCUT2D eigenvalue weighted by Crippen LogP contribution is -2.07. The van der Waals surface area contributed by atoms with Crippen molar-refractivity contribution in [3.05, 3.63) is 46.5 Å². The summed E-state index contributed by atoms with van der Waals surface area (Å²) in [6.07, 6.45) is -3.19. The molecule has 0 radical (unpaired) electrons. The molecule has 3 aromatic heterocycles. The monoisotopic (exact) mass is 309 g/mol. The van der Waals surface area contributed by atoms with E-state index in [9.17, 15) is 13.2 Å². The van der Waals surface area contributed by atoms with Crippen LogP contribution in [0, 0.1) is 11.3 Å². The number of nitrogens with zero attached hydrogens (tertiary/aromatic N) is 3. The normalized spacial score (nSPS) is 11.5. The van der Waals surface area contributed by atoms with Crippen molar-refractivity contribution in [2.45, 2.75) is 6.18 Å². The van der Waals surface area contributed by atoms with Crippen LogP contribution in [0.4, 0.5) is 13.2 Å². The molecule has 0 amide bonds. The number of thiophene rings is 1. The van der Waals surface area contributed by atoms with Gasteiger partial charge in [-0.05, 0) is 18.2 Å². The SMILES string of the molecule is N#Cc1cc(-n2nc(C(F)(F)F)cc2-c2ccco2)cs1. The predicted octanol–water partition coefficient (Wildman–Crippen LogP) is 4.08. The Labute approximate surface area is 120 Å². The number of alkyl halides is 3.